The zero-order valence-corrected chi connectivity index (χ0v) is 7.62. The number of hydrogen-bond acceptors (Lipinski definition) is 1. The highest BCUT2D eigenvalue weighted by molar-refractivity contribution is 5.14. The van der Waals surface area contributed by atoms with E-state index in [-0.39, 0.29) is 0 Å². The van der Waals surface area contributed by atoms with E-state index in [0.29, 0.717) is 0 Å². The molecule has 0 aromatic carbocycles. The van der Waals surface area contributed by atoms with Gasteiger partial charge in [-0.15, -0.1) is 0 Å². The summed E-state index contributed by atoms with van der Waals surface area (Å²) in [6.07, 6.45) is 15.1. The van der Waals surface area contributed by atoms with Gasteiger partial charge in [0.15, 0.2) is 0 Å². The van der Waals surface area contributed by atoms with Crippen LogP contribution < -0.4 is 0 Å². The molecule has 1 heteroatoms. The number of methoxy groups -OCH3 is 1. The normalized spacial score (nSPS) is 18.6. The maximum Gasteiger partial charge on any atom is 0.0955 e. The summed E-state index contributed by atoms with van der Waals surface area (Å²) >= 11 is 0. The van der Waals surface area contributed by atoms with Crippen molar-refractivity contribution in [1.82, 2.24) is 0 Å². The molecule has 0 aliphatic heterocycles. The molecule has 0 unspecified atom stereocenters. The molecular formula is C11H16O. The molecule has 0 atom stereocenters. The Labute approximate surface area is 74.4 Å². The maximum absolute atomic E-state index is 5.21. The van der Waals surface area contributed by atoms with Crippen LogP contribution in [-0.4, -0.2) is 7.11 Å². The van der Waals surface area contributed by atoms with E-state index >= 15 is 0 Å². The average Bonchev–Trinajstić information content (AvgIpc) is 2.14. The Balaban J connectivity index is 2.55. The van der Waals surface area contributed by atoms with Crippen molar-refractivity contribution in [2.45, 2.75) is 25.7 Å². The first-order valence-corrected chi connectivity index (χ1v) is 4.50. The molecule has 1 aliphatic carbocycles. The van der Waals surface area contributed by atoms with Gasteiger partial charge in [-0.05, 0) is 25.3 Å². The van der Waals surface area contributed by atoms with Crippen molar-refractivity contribution in [2.24, 2.45) is 0 Å². The Morgan fingerprint density at radius 3 is 2.92 bits per heavy atom. The molecule has 0 amide bonds. The van der Waals surface area contributed by atoms with E-state index in [4.69, 9.17) is 4.74 Å². The van der Waals surface area contributed by atoms with E-state index < -0.39 is 0 Å². The van der Waals surface area contributed by atoms with Gasteiger partial charge in [0.05, 0.1) is 12.9 Å². The lowest BCUT2D eigenvalue weighted by molar-refractivity contribution is 0.274. The van der Waals surface area contributed by atoms with Crippen LogP contribution in [0, 0.1) is 0 Å². The molecule has 0 aromatic rings. The fourth-order valence-electron chi connectivity index (χ4n) is 1.22. The summed E-state index contributed by atoms with van der Waals surface area (Å²) in [6, 6.07) is 0. The van der Waals surface area contributed by atoms with Gasteiger partial charge in [0.1, 0.15) is 0 Å². The smallest absolute Gasteiger partial charge is 0.0955 e. The summed E-state index contributed by atoms with van der Waals surface area (Å²) < 4.78 is 5.21. The van der Waals surface area contributed by atoms with E-state index in [9.17, 15) is 0 Å². The molecular weight excluding hydrogens is 148 g/mol. The summed E-state index contributed by atoms with van der Waals surface area (Å²) in [5, 5.41) is 0. The van der Waals surface area contributed by atoms with Crippen LogP contribution in [0.25, 0.3) is 0 Å². The van der Waals surface area contributed by atoms with Gasteiger partial charge in [-0.2, -0.15) is 0 Å². The largest absolute Gasteiger partial charge is 0.501 e. The molecule has 0 bridgehead atoms. The first-order chi connectivity index (χ1) is 5.93. The maximum atomic E-state index is 5.21. The molecule has 0 aromatic heterocycles. The molecule has 0 fully saturated rings. The van der Waals surface area contributed by atoms with E-state index in [1.807, 2.05) is 18.2 Å². The van der Waals surface area contributed by atoms with Crippen molar-refractivity contribution >= 4 is 0 Å². The summed E-state index contributed by atoms with van der Waals surface area (Å²) in [5.74, 6) is 1.08. The van der Waals surface area contributed by atoms with Crippen LogP contribution in [0.3, 0.4) is 0 Å². The van der Waals surface area contributed by atoms with Crippen molar-refractivity contribution in [2.75, 3.05) is 7.11 Å². The Bertz CT molecular complexity index is 199. The zero-order chi connectivity index (χ0) is 8.65. The molecule has 0 saturated carbocycles. The second kappa shape index (κ2) is 5.64. The Morgan fingerprint density at radius 1 is 1.17 bits per heavy atom. The van der Waals surface area contributed by atoms with Gasteiger partial charge in [-0.3, -0.25) is 0 Å². The van der Waals surface area contributed by atoms with E-state index in [2.05, 4.69) is 12.2 Å². The van der Waals surface area contributed by atoms with Gasteiger partial charge in [0.2, 0.25) is 0 Å². The van der Waals surface area contributed by atoms with Crippen molar-refractivity contribution in [3.8, 4) is 0 Å². The second-order valence-electron chi connectivity index (χ2n) is 2.90. The molecule has 66 valence electrons. The molecule has 0 N–H and O–H groups in total. The molecule has 0 spiro atoms. The first-order valence-electron chi connectivity index (χ1n) is 4.50. The minimum Gasteiger partial charge on any atom is -0.501 e. The molecule has 1 aliphatic rings. The fourth-order valence-corrected chi connectivity index (χ4v) is 1.22. The van der Waals surface area contributed by atoms with Crippen LogP contribution >= 0.6 is 0 Å². The number of ether oxygens (including phenoxy) is 1. The van der Waals surface area contributed by atoms with Crippen LogP contribution in [0.4, 0.5) is 0 Å². The third kappa shape index (κ3) is 3.42. The molecule has 1 nitrogen and oxygen atoms in total. The summed E-state index contributed by atoms with van der Waals surface area (Å²) in [6.45, 7) is 0. The van der Waals surface area contributed by atoms with Crippen molar-refractivity contribution in [1.29, 1.82) is 0 Å². The predicted molar refractivity (Wildman–Crippen MR) is 51.8 cm³/mol. The van der Waals surface area contributed by atoms with Gasteiger partial charge >= 0.3 is 0 Å². The minimum absolute atomic E-state index is 1.06. The summed E-state index contributed by atoms with van der Waals surface area (Å²) in [7, 11) is 1.74. The second-order valence-corrected chi connectivity index (χ2v) is 2.90. The monoisotopic (exact) mass is 164 g/mol. The highest BCUT2D eigenvalue weighted by Crippen LogP contribution is 2.11. The van der Waals surface area contributed by atoms with E-state index in [1.165, 1.54) is 19.3 Å². The molecule has 12 heavy (non-hydrogen) atoms. The van der Waals surface area contributed by atoms with Gasteiger partial charge in [0.25, 0.3) is 0 Å². The Morgan fingerprint density at radius 2 is 2.08 bits per heavy atom. The van der Waals surface area contributed by atoms with Crippen LogP contribution in [0.1, 0.15) is 25.7 Å². The molecule has 0 saturated heterocycles. The third-order valence-corrected chi connectivity index (χ3v) is 1.95. The van der Waals surface area contributed by atoms with Crippen LogP contribution in [-0.2, 0) is 4.74 Å². The fraction of sp³-hybridized carbons (Fsp3) is 0.455. The lowest BCUT2D eigenvalue weighted by Gasteiger charge is -2.04. The average molecular weight is 164 g/mol. The van der Waals surface area contributed by atoms with E-state index in [0.717, 1.165) is 12.2 Å². The molecule has 0 heterocycles. The SMILES string of the molecule is COC1=CC=CC=CCCCC1. The van der Waals surface area contributed by atoms with Gasteiger partial charge in [0, 0.05) is 6.42 Å². The van der Waals surface area contributed by atoms with Crippen molar-refractivity contribution < 1.29 is 4.74 Å². The summed E-state index contributed by atoms with van der Waals surface area (Å²) in [5.41, 5.74) is 0. The number of rotatable bonds is 1. The first kappa shape index (κ1) is 9.11. The van der Waals surface area contributed by atoms with Crippen LogP contribution in [0.5, 0.6) is 0 Å². The van der Waals surface area contributed by atoms with Crippen LogP contribution in [0.15, 0.2) is 36.1 Å². The van der Waals surface area contributed by atoms with Crippen LogP contribution in [0.2, 0.25) is 0 Å². The Hall–Kier alpha value is -0.980. The topological polar surface area (TPSA) is 9.23 Å². The summed E-state index contributed by atoms with van der Waals surface area (Å²) in [4.78, 5) is 0. The van der Waals surface area contributed by atoms with Crippen molar-refractivity contribution in [3.63, 3.8) is 0 Å². The molecule has 1 rings (SSSR count). The molecule has 0 radical (unpaired) electrons. The number of allylic oxidation sites excluding steroid dienone is 6. The minimum atomic E-state index is 1.06. The number of hydrogen-bond donors (Lipinski definition) is 0. The standard InChI is InChI=1S/C11H16O/c1-12-11-9-7-5-3-2-4-6-8-10-11/h2-3,5,7,9H,4,6,8,10H2,1H3. The Kier molecular flexibility index (Phi) is 4.28. The van der Waals surface area contributed by atoms with Gasteiger partial charge in [-0.1, -0.05) is 24.3 Å². The van der Waals surface area contributed by atoms with Crippen molar-refractivity contribution in [3.05, 3.63) is 36.1 Å². The predicted octanol–water partition coefficient (Wildman–Crippen LogP) is 3.20. The quantitative estimate of drug-likeness (QED) is 0.578. The van der Waals surface area contributed by atoms with E-state index in [1.54, 1.807) is 7.11 Å². The highest BCUT2D eigenvalue weighted by Gasteiger charge is 1.94. The third-order valence-electron chi connectivity index (χ3n) is 1.95. The lowest BCUT2D eigenvalue weighted by Crippen LogP contribution is -1.87. The zero-order valence-electron chi connectivity index (χ0n) is 7.62. The lowest BCUT2D eigenvalue weighted by atomic mass is 10.1. The van der Waals surface area contributed by atoms with Gasteiger partial charge in [-0.25, -0.2) is 0 Å². The highest BCUT2D eigenvalue weighted by atomic mass is 16.5. The van der Waals surface area contributed by atoms with Gasteiger partial charge < -0.3 is 4.74 Å².